The van der Waals surface area contributed by atoms with Crippen molar-refractivity contribution < 1.29 is 9.57 Å². The lowest BCUT2D eigenvalue weighted by atomic mass is 10.1. The van der Waals surface area contributed by atoms with E-state index in [2.05, 4.69) is 43.6 Å². The number of hydrogen-bond donors (Lipinski definition) is 1. The van der Waals surface area contributed by atoms with Crippen molar-refractivity contribution in [3.05, 3.63) is 64.7 Å². The fourth-order valence-corrected chi connectivity index (χ4v) is 2.25. The average molecular weight is 271 g/mol. The fraction of sp³-hybridized carbons (Fsp3) is 0.294. The van der Waals surface area contributed by atoms with Gasteiger partial charge in [0.1, 0.15) is 12.4 Å². The predicted octanol–water partition coefficient (Wildman–Crippen LogP) is 3.53. The van der Waals surface area contributed by atoms with Crippen LogP contribution in [-0.2, 0) is 18.0 Å². The smallest absolute Gasteiger partial charge is 0.125 e. The third kappa shape index (κ3) is 3.83. The van der Waals surface area contributed by atoms with Gasteiger partial charge >= 0.3 is 0 Å². The van der Waals surface area contributed by atoms with Crippen LogP contribution in [0.2, 0.25) is 0 Å². The molecular weight excluding hydrogens is 250 g/mol. The summed E-state index contributed by atoms with van der Waals surface area (Å²) in [5, 5.41) is 0. The van der Waals surface area contributed by atoms with E-state index in [9.17, 15) is 0 Å². The van der Waals surface area contributed by atoms with Crippen LogP contribution in [0.4, 0.5) is 0 Å². The molecule has 2 rings (SSSR count). The van der Waals surface area contributed by atoms with E-state index in [1.165, 1.54) is 11.1 Å². The van der Waals surface area contributed by atoms with Gasteiger partial charge in [0.15, 0.2) is 0 Å². The summed E-state index contributed by atoms with van der Waals surface area (Å²) in [5.41, 5.74) is 7.52. The molecule has 0 aliphatic rings. The Morgan fingerprint density at radius 2 is 1.60 bits per heavy atom. The zero-order chi connectivity index (χ0) is 14.4. The monoisotopic (exact) mass is 271 g/mol. The summed E-state index contributed by atoms with van der Waals surface area (Å²) in [4.78, 5) is 4.88. The van der Waals surface area contributed by atoms with Crippen LogP contribution in [0, 0.1) is 13.8 Å². The molecule has 0 unspecified atom stereocenters. The second-order valence-corrected chi connectivity index (χ2v) is 4.86. The predicted molar refractivity (Wildman–Crippen MR) is 80.5 cm³/mol. The fourth-order valence-electron chi connectivity index (χ4n) is 2.25. The molecule has 0 heterocycles. The molecule has 1 N–H and O–H groups in total. The van der Waals surface area contributed by atoms with E-state index in [-0.39, 0.29) is 0 Å². The Hall–Kier alpha value is -1.84. The number of nitrogens with one attached hydrogen (secondary N) is 1. The molecule has 0 aliphatic carbocycles. The molecule has 106 valence electrons. The molecule has 0 aromatic heterocycles. The molecule has 0 spiro atoms. The molecule has 3 heteroatoms. The van der Waals surface area contributed by atoms with E-state index in [0.29, 0.717) is 13.2 Å². The molecule has 0 saturated heterocycles. The lowest BCUT2D eigenvalue weighted by Gasteiger charge is -2.14. The normalized spacial score (nSPS) is 10.6. The first-order valence-corrected chi connectivity index (χ1v) is 6.73. The van der Waals surface area contributed by atoms with E-state index in [0.717, 1.165) is 16.9 Å². The highest BCUT2D eigenvalue weighted by Crippen LogP contribution is 2.25. The van der Waals surface area contributed by atoms with Gasteiger partial charge in [0.05, 0.1) is 7.11 Å². The number of ether oxygens (including phenoxy) is 1. The van der Waals surface area contributed by atoms with Gasteiger partial charge in [-0.05, 0) is 36.1 Å². The van der Waals surface area contributed by atoms with Crippen molar-refractivity contribution in [1.82, 2.24) is 5.48 Å². The van der Waals surface area contributed by atoms with Gasteiger partial charge < -0.3 is 9.57 Å². The minimum Gasteiger partial charge on any atom is -0.488 e. The number of hydroxylamine groups is 1. The number of benzene rings is 2. The summed E-state index contributed by atoms with van der Waals surface area (Å²) < 4.78 is 5.96. The lowest BCUT2D eigenvalue weighted by Crippen LogP contribution is -2.11. The zero-order valence-corrected chi connectivity index (χ0v) is 12.3. The van der Waals surface area contributed by atoms with Crippen molar-refractivity contribution in [2.75, 3.05) is 7.11 Å². The molecule has 0 amide bonds. The molecule has 0 atom stereocenters. The van der Waals surface area contributed by atoms with Gasteiger partial charge in [-0.2, -0.15) is 5.48 Å². The summed E-state index contributed by atoms with van der Waals surface area (Å²) in [7, 11) is 1.62. The summed E-state index contributed by atoms with van der Waals surface area (Å²) in [6.45, 7) is 5.43. The maximum atomic E-state index is 5.96. The summed E-state index contributed by atoms with van der Waals surface area (Å²) in [6, 6.07) is 14.5. The highest BCUT2D eigenvalue weighted by molar-refractivity contribution is 5.43. The number of aryl methyl sites for hydroxylation is 2. The third-order valence-electron chi connectivity index (χ3n) is 3.17. The van der Waals surface area contributed by atoms with Gasteiger partial charge in [0.2, 0.25) is 0 Å². The van der Waals surface area contributed by atoms with Crippen LogP contribution < -0.4 is 10.2 Å². The maximum Gasteiger partial charge on any atom is 0.125 e. The van der Waals surface area contributed by atoms with Crippen molar-refractivity contribution in [1.29, 1.82) is 0 Å². The van der Waals surface area contributed by atoms with E-state index in [1.807, 2.05) is 18.2 Å². The van der Waals surface area contributed by atoms with Crippen LogP contribution in [0.25, 0.3) is 0 Å². The molecule has 0 aliphatic heterocycles. The van der Waals surface area contributed by atoms with Crippen molar-refractivity contribution in [3.63, 3.8) is 0 Å². The van der Waals surface area contributed by atoms with Gasteiger partial charge in [-0.3, -0.25) is 0 Å². The summed E-state index contributed by atoms with van der Waals surface area (Å²) >= 11 is 0. The Labute approximate surface area is 120 Å². The van der Waals surface area contributed by atoms with Crippen LogP contribution in [0.15, 0.2) is 42.5 Å². The topological polar surface area (TPSA) is 30.5 Å². The molecule has 0 fully saturated rings. The van der Waals surface area contributed by atoms with E-state index in [4.69, 9.17) is 9.57 Å². The van der Waals surface area contributed by atoms with Crippen molar-refractivity contribution in [2.45, 2.75) is 27.0 Å². The maximum absolute atomic E-state index is 5.96. The molecule has 2 aromatic carbocycles. The van der Waals surface area contributed by atoms with Gasteiger partial charge in [-0.25, -0.2) is 0 Å². The van der Waals surface area contributed by atoms with E-state index >= 15 is 0 Å². The van der Waals surface area contributed by atoms with Crippen LogP contribution >= 0.6 is 0 Å². The van der Waals surface area contributed by atoms with Crippen LogP contribution in [0.1, 0.15) is 22.3 Å². The van der Waals surface area contributed by atoms with Crippen LogP contribution in [0.3, 0.4) is 0 Å². The van der Waals surface area contributed by atoms with Crippen LogP contribution in [0.5, 0.6) is 5.75 Å². The average Bonchev–Trinajstić information content (AvgIpc) is 2.45. The first-order valence-electron chi connectivity index (χ1n) is 6.73. The van der Waals surface area contributed by atoms with Crippen molar-refractivity contribution in [3.8, 4) is 5.75 Å². The third-order valence-corrected chi connectivity index (χ3v) is 3.17. The summed E-state index contributed by atoms with van der Waals surface area (Å²) in [5.74, 6) is 0.968. The van der Waals surface area contributed by atoms with Gasteiger partial charge in [-0.15, -0.1) is 0 Å². The van der Waals surface area contributed by atoms with Gasteiger partial charge in [-0.1, -0.05) is 42.5 Å². The number of hydrogen-bond acceptors (Lipinski definition) is 3. The largest absolute Gasteiger partial charge is 0.488 e. The van der Waals surface area contributed by atoms with Gasteiger partial charge in [0, 0.05) is 6.54 Å². The highest BCUT2D eigenvalue weighted by Gasteiger charge is 2.07. The molecule has 3 nitrogen and oxygen atoms in total. The molecule has 0 saturated carbocycles. The molecular formula is C17H21NO2. The lowest BCUT2D eigenvalue weighted by molar-refractivity contribution is 0.0867. The Morgan fingerprint density at radius 3 is 2.20 bits per heavy atom. The standard InChI is InChI=1S/C17H21NO2/c1-13-9-16(11-18-19-3)10-14(2)17(13)20-12-15-7-5-4-6-8-15/h4-10,18H,11-12H2,1-3H3. The van der Waals surface area contributed by atoms with E-state index in [1.54, 1.807) is 7.11 Å². The first-order chi connectivity index (χ1) is 9.70. The molecule has 2 aromatic rings. The Bertz CT molecular complexity index is 529. The summed E-state index contributed by atoms with van der Waals surface area (Å²) in [6.07, 6.45) is 0. The second kappa shape index (κ2) is 7.08. The zero-order valence-electron chi connectivity index (χ0n) is 12.3. The Balaban J connectivity index is 2.08. The SMILES string of the molecule is CONCc1cc(C)c(OCc2ccccc2)c(C)c1. The quantitative estimate of drug-likeness (QED) is 0.815. The molecule has 20 heavy (non-hydrogen) atoms. The Morgan fingerprint density at radius 1 is 0.950 bits per heavy atom. The second-order valence-electron chi connectivity index (χ2n) is 4.86. The Kier molecular flexibility index (Phi) is 5.16. The van der Waals surface area contributed by atoms with Gasteiger partial charge in [0.25, 0.3) is 0 Å². The highest BCUT2D eigenvalue weighted by atomic mass is 16.6. The van der Waals surface area contributed by atoms with Crippen LogP contribution in [-0.4, -0.2) is 7.11 Å². The first kappa shape index (κ1) is 14.6. The van der Waals surface area contributed by atoms with Crippen molar-refractivity contribution >= 4 is 0 Å². The molecule has 0 bridgehead atoms. The minimum absolute atomic E-state index is 0.595. The molecule has 0 radical (unpaired) electrons. The van der Waals surface area contributed by atoms with E-state index < -0.39 is 0 Å². The number of rotatable bonds is 6. The van der Waals surface area contributed by atoms with Crippen molar-refractivity contribution in [2.24, 2.45) is 0 Å². The minimum atomic E-state index is 0.595.